The monoisotopic (exact) mass is 363 g/mol. The summed E-state index contributed by atoms with van der Waals surface area (Å²) in [4.78, 5) is 19.4. The van der Waals surface area contributed by atoms with Gasteiger partial charge in [0.05, 0.1) is 21.8 Å². The molecule has 2 heterocycles. The smallest absolute Gasteiger partial charge is 0.352 e. The van der Waals surface area contributed by atoms with Gasteiger partial charge in [0.25, 0.3) is 5.91 Å². The Morgan fingerprint density at radius 2 is 2.00 bits per heavy atom. The molecular formula is C14H10Cl2F3N3O. The van der Waals surface area contributed by atoms with E-state index in [2.05, 4.69) is 15.3 Å². The SMILES string of the molecule is O=C(NCCc1ncc(C(F)(F)F)cc1Cl)c1cccnc1Cl. The number of rotatable bonds is 4. The molecular weight excluding hydrogens is 354 g/mol. The predicted octanol–water partition coefficient (Wildman–Crippen LogP) is 3.77. The van der Waals surface area contributed by atoms with Gasteiger partial charge in [0.1, 0.15) is 5.15 Å². The average Bonchev–Trinajstić information content (AvgIpc) is 2.48. The van der Waals surface area contributed by atoms with E-state index in [1.165, 1.54) is 12.3 Å². The average molecular weight is 364 g/mol. The van der Waals surface area contributed by atoms with Crippen LogP contribution in [0.15, 0.2) is 30.6 Å². The highest BCUT2D eigenvalue weighted by atomic mass is 35.5. The van der Waals surface area contributed by atoms with E-state index in [0.717, 1.165) is 6.07 Å². The number of carbonyl (C=O) groups is 1. The number of nitrogens with one attached hydrogen (secondary N) is 1. The minimum atomic E-state index is -4.50. The molecule has 0 bridgehead atoms. The zero-order valence-electron chi connectivity index (χ0n) is 11.5. The van der Waals surface area contributed by atoms with Crippen LogP contribution in [0, 0.1) is 0 Å². The minimum absolute atomic E-state index is 0.0655. The number of hydrogen-bond donors (Lipinski definition) is 1. The number of alkyl halides is 3. The molecule has 2 aromatic heterocycles. The summed E-state index contributed by atoms with van der Waals surface area (Å²) in [5, 5.41) is 2.54. The lowest BCUT2D eigenvalue weighted by Crippen LogP contribution is -2.26. The molecule has 0 aliphatic heterocycles. The van der Waals surface area contributed by atoms with Crippen molar-refractivity contribution in [3.63, 3.8) is 0 Å². The van der Waals surface area contributed by atoms with Gasteiger partial charge in [-0.25, -0.2) is 4.98 Å². The molecule has 0 saturated carbocycles. The third-order valence-electron chi connectivity index (χ3n) is 2.90. The number of pyridine rings is 2. The van der Waals surface area contributed by atoms with Gasteiger partial charge in [-0.2, -0.15) is 13.2 Å². The molecule has 0 saturated heterocycles. The third kappa shape index (κ3) is 4.56. The summed E-state index contributed by atoms with van der Waals surface area (Å²) in [6.45, 7) is 0.141. The summed E-state index contributed by atoms with van der Waals surface area (Å²) < 4.78 is 37.5. The van der Waals surface area contributed by atoms with Crippen LogP contribution in [-0.2, 0) is 12.6 Å². The van der Waals surface area contributed by atoms with Gasteiger partial charge < -0.3 is 5.32 Å². The highest BCUT2D eigenvalue weighted by molar-refractivity contribution is 6.32. The van der Waals surface area contributed by atoms with Gasteiger partial charge in [0.2, 0.25) is 0 Å². The van der Waals surface area contributed by atoms with Crippen LogP contribution in [0.3, 0.4) is 0 Å². The Morgan fingerprint density at radius 3 is 2.61 bits per heavy atom. The van der Waals surface area contributed by atoms with E-state index in [4.69, 9.17) is 23.2 Å². The molecule has 2 aromatic rings. The van der Waals surface area contributed by atoms with E-state index in [-0.39, 0.29) is 34.4 Å². The van der Waals surface area contributed by atoms with E-state index in [1.807, 2.05) is 0 Å². The lowest BCUT2D eigenvalue weighted by molar-refractivity contribution is -0.137. The molecule has 0 aromatic carbocycles. The number of aromatic nitrogens is 2. The first-order chi connectivity index (χ1) is 10.8. The number of amides is 1. The maximum absolute atomic E-state index is 12.5. The van der Waals surface area contributed by atoms with Crippen LogP contribution < -0.4 is 5.32 Å². The molecule has 23 heavy (non-hydrogen) atoms. The molecule has 0 aliphatic rings. The van der Waals surface area contributed by atoms with Crippen LogP contribution >= 0.6 is 23.2 Å². The zero-order chi connectivity index (χ0) is 17.0. The maximum Gasteiger partial charge on any atom is 0.417 e. The molecule has 0 atom stereocenters. The summed E-state index contributed by atoms with van der Waals surface area (Å²) in [6.07, 6.45) is -2.16. The first-order valence-electron chi connectivity index (χ1n) is 6.39. The first-order valence-corrected chi connectivity index (χ1v) is 7.15. The van der Waals surface area contributed by atoms with Crippen LogP contribution in [0.1, 0.15) is 21.6 Å². The van der Waals surface area contributed by atoms with Crippen LogP contribution in [0.4, 0.5) is 13.2 Å². The second-order valence-corrected chi connectivity index (χ2v) is 5.26. The van der Waals surface area contributed by atoms with Crippen molar-refractivity contribution in [3.05, 3.63) is 57.6 Å². The van der Waals surface area contributed by atoms with E-state index < -0.39 is 17.6 Å². The highest BCUT2D eigenvalue weighted by Crippen LogP contribution is 2.31. The summed E-state index contributed by atoms with van der Waals surface area (Å²) >= 11 is 11.6. The van der Waals surface area contributed by atoms with Crippen molar-refractivity contribution in [1.82, 2.24) is 15.3 Å². The Labute approximate surface area is 139 Å². The van der Waals surface area contributed by atoms with Crippen LogP contribution in [0.25, 0.3) is 0 Å². The van der Waals surface area contributed by atoms with Gasteiger partial charge in [0.15, 0.2) is 0 Å². The van der Waals surface area contributed by atoms with Crippen molar-refractivity contribution < 1.29 is 18.0 Å². The van der Waals surface area contributed by atoms with Gasteiger partial charge in [0, 0.05) is 25.4 Å². The fourth-order valence-electron chi connectivity index (χ4n) is 1.75. The fourth-order valence-corrected chi connectivity index (χ4v) is 2.22. The number of halogens is 5. The lowest BCUT2D eigenvalue weighted by atomic mass is 10.2. The van der Waals surface area contributed by atoms with Crippen molar-refractivity contribution >= 4 is 29.1 Å². The molecule has 122 valence electrons. The van der Waals surface area contributed by atoms with Crippen LogP contribution in [-0.4, -0.2) is 22.4 Å². The fraction of sp³-hybridized carbons (Fsp3) is 0.214. The van der Waals surface area contributed by atoms with Crippen molar-refractivity contribution in [2.75, 3.05) is 6.54 Å². The molecule has 4 nitrogen and oxygen atoms in total. The van der Waals surface area contributed by atoms with Gasteiger partial charge in [-0.15, -0.1) is 0 Å². The van der Waals surface area contributed by atoms with Crippen molar-refractivity contribution in [2.24, 2.45) is 0 Å². The molecule has 9 heteroatoms. The Balaban J connectivity index is 1.97. The van der Waals surface area contributed by atoms with Crippen molar-refractivity contribution in [1.29, 1.82) is 0 Å². The molecule has 0 fully saturated rings. The largest absolute Gasteiger partial charge is 0.417 e. The highest BCUT2D eigenvalue weighted by Gasteiger charge is 2.31. The van der Waals surface area contributed by atoms with Crippen molar-refractivity contribution in [3.8, 4) is 0 Å². The topological polar surface area (TPSA) is 54.9 Å². The lowest BCUT2D eigenvalue weighted by Gasteiger charge is -2.10. The Hall–Kier alpha value is -1.86. The van der Waals surface area contributed by atoms with E-state index >= 15 is 0 Å². The van der Waals surface area contributed by atoms with E-state index in [0.29, 0.717) is 6.20 Å². The number of hydrogen-bond acceptors (Lipinski definition) is 3. The molecule has 0 radical (unpaired) electrons. The molecule has 2 rings (SSSR count). The first kappa shape index (κ1) is 17.5. The van der Waals surface area contributed by atoms with Crippen LogP contribution in [0.2, 0.25) is 10.2 Å². The van der Waals surface area contributed by atoms with Crippen LogP contribution in [0.5, 0.6) is 0 Å². The normalized spacial score (nSPS) is 11.3. The third-order valence-corrected chi connectivity index (χ3v) is 3.52. The molecule has 1 N–H and O–H groups in total. The molecule has 0 unspecified atom stereocenters. The minimum Gasteiger partial charge on any atom is -0.352 e. The number of carbonyl (C=O) groups excluding carboxylic acids is 1. The molecule has 0 aliphatic carbocycles. The summed E-state index contributed by atoms with van der Waals surface area (Å²) in [6, 6.07) is 3.88. The van der Waals surface area contributed by atoms with Gasteiger partial charge in [-0.1, -0.05) is 23.2 Å². The molecule has 0 spiro atoms. The van der Waals surface area contributed by atoms with Gasteiger partial charge >= 0.3 is 6.18 Å². The Morgan fingerprint density at radius 1 is 1.26 bits per heavy atom. The van der Waals surface area contributed by atoms with Gasteiger partial charge in [-0.05, 0) is 18.2 Å². The Kier molecular flexibility index (Phi) is 5.43. The predicted molar refractivity (Wildman–Crippen MR) is 79.5 cm³/mol. The maximum atomic E-state index is 12.5. The van der Waals surface area contributed by atoms with E-state index in [9.17, 15) is 18.0 Å². The second kappa shape index (κ2) is 7.14. The Bertz CT molecular complexity index is 723. The zero-order valence-corrected chi connectivity index (χ0v) is 13.0. The second-order valence-electron chi connectivity index (χ2n) is 4.50. The molecule has 1 amide bonds. The number of nitrogens with zero attached hydrogens (tertiary/aromatic N) is 2. The van der Waals surface area contributed by atoms with E-state index in [1.54, 1.807) is 6.07 Å². The van der Waals surface area contributed by atoms with Crippen molar-refractivity contribution in [2.45, 2.75) is 12.6 Å². The van der Waals surface area contributed by atoms with Gasteiger partial charge in [-0.3, -0.25) is 9.78 Å². The standard InChI is InChI=1S/C14H10Cl2F3N3O/c15-10-6-8(14(17,18)19)7-22-11(10)3-5-21-13(23)9-2-1-4-20-12(9)16/h1-2,4,6-7H,3,5H2,(H,21,23). The summed E-state index contributed by atoms with van der Waals surface area (Å²) in [7, 11) is 0. The summed E-state index contributed by atoms with van der Waals surface area (Å²) in [5.74, 6) is -0.439. The summed E-state index contributed by atoms with van der Waals surface area (Å²) in [5.41, 5.74) is -0.449. The quantitative estimate of drug-likeness (QED) is 0.841.